The van der Waals surface area contributed by atoms with Crippen molar-refractivity contribution in [1.82, 2.24) is 9.47 Å². The molecule has 0 aliphatic heterocycles. The van der Waals surface area contributed by atoms with Gasteiger partial charge in [0.15, 0.2) is 0 Å². The molecular weight excluding hydrogens is 477 g/mol. The van der Waals surface area contributed by atoms with Crippen molar-refractivity contribution in [1.29, 1.82) is 0 Å². The van der Waals surface area contributed by atoms with Crippen molar-refractivity contribution in [2.45, 2.75) is 25.3 Å². The topological polar surface area (TPSA) is 34.5 Å². The number of carbonyl (C=O) groups excluding carboxylic acids is 1. The van der Waals surface area contributed by atoms with Crippen LogP contribution in [0, 0.1) is 0 Å². The summed E-state index contributed by atoms with van der Waals surface area (Å²) in [5, 5.41) is 0.893. The SMILES string of the molecule is COC(=O)C(c1cn(Cc2ccccc2)c2ccccc12)N(C)Cc1cccc(C(F)(F)F)c1.Cl. The zero-order valence-corrected chi connectivity index (χ0v) is 20.1. The lowest BCUT2D eigenvalue weighted by Crippen LogP contribution is -2.31. The summed E-state index contributed by atoms with van der Waals surface area (Å²) in [7, 11) is 3.03. The highest BCUT2D eigenvalue weighted by Crippen LogP contribution is 2.33. The maximum atomic E-state index is 13.2. The number of aromatic nitrogens is 1. The van der Waals surface area contributed by atoms with E-state index < -0.39 is 23.8 Å². The summed E-state index contributed by atoms with van der Waals surface area (Å²) in [6, 6.07) is 22.1. The molecule has 1 atom stereocenters. The van der Waals surface area contributed by atoms with Gasteiger partial charge in [0.25, 0.3) is 0 Å². The maximum Gasteiger partial charge on any atom is 0.416 e. The number of alkyl halides is 3. The van der Waals surface area contributed by atoms with Gasteiger partial charge in [-0.1, -0.05) is 66.7 Å². The second-order valence-corrected chi connectivity index (χ2v) is 8.25. The van der Waals surface area contributed by atoms with Gasteiger partial charge in [0, 0.05) is 35.8 Å². The smallest absolute Gasteiger partial charge is 0.416 e. The number of esters is 1. The van der Waals surface area contributed by atoms with E-state index >= 15 is 0 Å². The van der Waals surface area contributed by atoms with Crippen LogP contribution in [0.3, 0.4) is 0 Å². The van der Waals surface area contributed by atoms with E-state index in [1.165, 1.54) is 13.2 Å². The second-order valence-electron chi connectivity index (χ2n) is 8.25. The summed E-state index contributed by atoms with van der Waals surface area (Å²) in [6.07, 6.45) is -2.50. The van der Waals surface area contributed by atoms with E-state index in [4.69, 9.17) is 4.74 Å². The standard InChI is InChI=1S/C27H25F3N2O2.ClH/c1-31(16-20-11-8-12-21(15-20)27(28,29)30)25(26(33)34-2)23-18-32(17-19-9-4-3-5-10-19)24-14-7-6-13-22(23)24;/h3-15,18,25H,16-17H2,1-2H3;1H. The summed E-state index contributed by atoms with van der Waals surface area (Å²) < 4.78 is 46.7. The summed E-state index contributed by atoms with van der Waals surface area (Å²) in [6.45, 7) is 0.758. The third-order valence-corrected chi connectivity index (χ3v) is 5.86. The third kappa shape index (κ3) is 5.86. The van der Waals surface area contributed by atoms with Gasteiger partial charge in [0.05, 0.1) is 12.7 Å². The van der Waals surface area contributed by atoms with E-state index in [0.29, 0.717) is 12.1 Å². The molecular formula is C27H26ClF3N2O2. The quantitative estimate of drug-likeness (QED) is 0.271. The van der Waals surface area contributed by atoms with Gasteiger partial charge in [0.2, 0.25) is 0 Å². The van der Waals surface area contributed by atoms with Crippen LogP contribution < -0.4 is 0 Å². The molecule has 0 fully saturated rings. The fourth-order valence-corrected chi connectivity index (χ4v) is 4.29. The first-order valence-corrected chi connectivity index (χ1v) is 10.8. The molecule has 0 spiro atoms. The maximum absolute atomic E-state index is 13.2. The molecule has 0 aliphatic rings. The minimum atomic E-state index is -4.43. The Morgan fingerprint density at radius 2 is 1.63 bits per heavy atom. The minimum Gasteiger partial charge on any atom is -0.468 e. The monoisotopic (exact) mass is 502 g/mol. The van der Waals surface area contributed by atoms with E-state index in [0.717, 1.165) is 34.2 Å². The fraction of sp³-hybridized carbons (Fsp3) is 0.222. The lowest BCUT2D eigenvalue weighted by molar-refractivity contribution is -0.147. The summed E-state index contributed by atoms with van der Waals surface area (Å²) in [5.41, 5.74) is 2.56. The first-order valence-electron chi connectivity index (χ1n) is 10.8. The van der Waals surface area contributed by atoms with Crippen LogP contribution in [-0.4, -0.2) is 29.6 Å². The molecule has 0 saturated heterocycles. The molecule has 4 rings (SSSR count). The number of likely N-dealkylation sites (N-methyl/N-ethyl adjacent to an activating group) is 1. The number of hydrogen-bond donors (Lipinski definition) is 0. The Morgan fingerprint density at radius 3 is 2.31 bits per heavy atom. The first-order chi connectivity index (χ1) is 16.3. The molecule has 4 nitrogen and oxygen atoms in total. The van der Waals surface area contributed by atoms with Crippen LogP contribution in [0.2, 0.25) is 0 Å². The zero-order valence-electron chi connectivity index (χ0n) is 19.3. The normalized spacial score (nSPS) is 12.4. The zero-order chi connectivity index (χ0) is 24.3. The van der Waals surface area contributed by atoms with Crippen molar-refractivity contribution in [2.75, 3.05) is 14.2 Å². The van der Waals surface area contributed by atoms with Gasteiger partial charge in [0.1, 0.15) is 6.04 Å². The molecule has 0 amide bonds. The van der Waals surface area contributed by atoms with Crippen molar-refractivity contribution in [3.8, 4) is 0 Å². The summed E-state index contributed by atoms with van der Waals surface area (Å²) >= 11 is 0. The van der Waals surface area contributed by atoms with Crippen LogP contribution in [-0.2, 0) is 28.8 Å². The molecule has 0 saturated carbocycles. The van der Waals surface area contributed by atoms with Crippen molar-refractivity contribution in [2.24, 2.45) is 0 Å². The Morgan fingerprint density at radius 1 is 0.971 bits per heavy atom. The van der Waals surface area contributed by atoms with Gasteiger partial charge in [-0.25, -0.2) is 4.79 Å². The van der Waals surface area contributed by atoms with E-state index in [9.17, 15) is 18.0 Å². The summed E-state index contributed by atoms with van der Waals surface area (Å²) in [5.74, 6) is -0.475. The van der Waals surface area contributed by atoms with Crippen LogP contribution in [0.25, 0.3) is 10.9 Å². The first kappa shape index (κ1) is 26.3. The number of halogens is 4. The molecule has 1 aromatic heterocycles. The molecule has 184 valence electrons. The number of para-hydroxylation sites is 1. The molecule has 4 aromatic rings. The van der Waals surface area contributed by atoms with Gasteiger partial charge < -0.3 is 9.30 Å². The number of carbonyl (C=O) groups is 1. The molecule has 0 bridgehead atoms. The van der Waals surface area contributed by atoms with Crippen molar-refractivity contribution in [3.05, 3.63) is 107 Å². The number of nitrogens with zero attached hydrogens (tertiary/aromatic N) is 2. The van der Waals surface area contributed by atoms with Crippen molar-refractivity contribution < 1.29 is 22.7 Å². The highest BCUT2D eigenvalue weighted by Gasteiger charge is 2.32. The molecule has 1 unspecified atom stereocenters. The van der Waals surface area contributed by atoms with Crippen LogP contribution in [0.15, 0.2) is 85.1 Å². The van der Waals surface area contributed by atoms with Gasteiger partial charge in [-0.3, -0.25) is 4.90 Å². The Labute approximate surface area is 208 Å². The number of benzene rings is 3. The third-order valence-electron chi connectivity index (χ3n) is 5.86. The molecule has 0 radical (unpaired) electrons. The van der Waals surface area contributed by atoms with Gasteiger partial charge in [-0.2, -0.15) is 13.2 Å². The molecule has 1 heterocycles. The lowest BCUT2D eigenvalue weighted by Gasteiger charge is -2.26. The van der Waals surface area contributed by atoms with Crippen molar-refractivity contribution >= 4 is 29.3 Å². The Balaban J connectivity index is 0.00000342. The number of methoxy groups -OCH3 is 1. The number of fused-ring (bicyclic) bond motifs is 1. The van der Waals surface area contributed by atoms with Gasteiger partial charge >= 0.3 is 12.1 Å². The van der Waals surface area contributed by atoms with Crippen LogP contribution in [0.4, 0.5) is 13.2 Å². The lowest BCUT2D eigenvalue weighted by atomic mass is 10.0. The van der Waals surface area contributed by atoms with Gasteiger partial charge in [-0.15, -0.1) is 12.4 Å². The number of rotatable bonds is 7. The molecule has 35 heavy (non-hydrogen) atoms. The average Bonchev–Trinajstić information content (AvgIpc) is 3.17. The molecule has 8 heteroatoms. The molecule has 0 aliphatic carbocycles. The van der Waals surface area contributed by atoms with E-state index in [1.54, 1.807) is 18.0 Å². The largest absolute Gasteiger partial charge is 0.468 e. The highest BCUT2D eigenvalue weighted by atomic mass is 35.5. The predicted molar refractivity (Wildman–Crippen MR) is 132 cm³/mol. The Kier molecular flexibility index (Phi) is 8.25. The van der Waals surface area contributed by atoms with Crippen LogP contribution in [0.1, 0.15) is 28.3 Å². The summed E-state index contributed by atoms with van der Waals surface area (Å²) in [4.78, 5) is 14.6. The van der Waals surface area contributed by atoms with E-state index in [-0.39, 0.29) is 19.0 Å². The second kappa shape index (κ2) is 11.0. The Bertz CT molecular complexity index is 1290. The highest BCUT2D eigenvalue weighted by molar-refractivity contribution is 5.90. The molecule has 3 aromatic carbocycles. The Hall–Kier alpha value is -3.29. The van der Waals surface area contributed by atoms with E-state index in [2.05, 4.69) is 4.57 Å². The molecule has 0 N–H and O–H groups in total. The van der Waals surface area contributed by atoms with E-state index in [1.807, 2.05) is 60.8 Å². The minimum absolute atomic E-state index is 0. The number of hydrogen-bond acceptors (Lipinski definition) is 3. The number of ether oxygens (including phenoxy) is 1. The van der Waals surface area contributed by atoms with Crippen molar-refractivity contribution in [3.63, 3.8) is 0 Å². The van der Waals surface area contributed by atoms with Crippen LogP contribution >= 0.6 is 12.4 Å². The predicted octanol–water partition coefficient (Wildman–Crippen LogP) is 6.48. The average molecular weight is 503 g/mol. The van der Waals surface area contributed by atoms with Crippen LogP contribution in [0.5, 0.6) is 0 Å². The fourth-order valence-electron chi connectivity index (χ4n) is 4.29. The van der Waals surface area contributed by atoms with Gasteiger partial charge in [-0.05, 0) is 30.3 Å².